The van der Waals surface area contributed by atoms with Crippen molar-refractivity contribution in [3.63, 3.8) is 0 Å². The Morgan fingerprint density at radius 3 is 2.52 bits per heavy atom. The molecule has 0 bridgehead atoms. The third kappa shape index (κ3) is 5.02. The molecule has 2 amide bonds. The highest BCUT2D eigenvalue weighted by molar-refractivity contribution is 5.86. The molecule has 2 atom stereocenters. The van der Waals surface area contributed by atoms with Gasteiger partial charge in [0, 0.05) is 19.0 Å². The highest BCUT2D eigenvalue weighted by Gasteiger charge is 2.30. The molecule has 0 aromatic rings. The quantitative estimate of drug-likeness (QED) is 0.767. The van der Waals surface area contributed by atoms with Gasteiger partial charge in [0.1, 0.15) is 6.04 Å². The second-order valence-corrected chi connectivity index (χ2v) is 5.76. The van der Waals surface area contributed by atoms with E-state index >= 15 is 0 Å². The Morgan fingerprint density at radius 2 is 1.95 bits per heavy atom. The molecule has 6 nitrogen and oxygen atoms in total. The molecule has 1 N–H and O–H groups in total. The van der Waals surface area contributed by atoms with Crippen LogP contribution in [0.4, 0.5) is 0 Å². The molecule has 2 unspecified atom stereocenters. The van der Waals surface area contributed by atoms with E-state index in [1.54, 1.807) is 18.7 Å². The maximum atomic E-state index is 12.2. The molecule has 1 saturated heterocycles. The fraction of sp³-hybridized carbons (Fsp3) is 0.800. The number of piperidine rings is 1. The highest BCUT2D eigenvalue weighted by Crippen LogP contribution is 2.18. The molecular formula is C15H26N2O4. The maximum Gasteiger partial charge on any atom is 0.328 e. The van der Waals surface area contributed by atoms with Gasteiger partial charge in [-0.15, -0.1) is 0 Å². The predicted molar refractivity (Wildman–Crippen MR) is 78.4 cm³/mol. The molecular weight excluding hydrogens is 272 g/mol. The fourth-order valence-electron chi connectivity index (χ4n) is 2.41. The van der Waals surface area contributed by atoms with Gasteiger partial charge in [-0.05, 0) is 26.7 Å². The smallest absolute Gasteiger partial charge is 0.328 e. The molecule has 0 radical (unpaired) electrons. The minimum Gasteiger partial charge on any atom is -0.464 e. The van der Waals surface area contributed by atoms with Gasteiger partial charge in [0.15, 0.2) is 0 Å². The molecule has 0 aliphatic carbocycles. The van der Waals surface area contributed by atoms with E-state index < -0.39 is 12.0 Å². The number of rotatable bonds is 5. The zero-order valence-corrected chi connectivity index (χ0v) is 13.3. The van der Waals surface area contributed by atoms with Gasteiger partial charge in [-0.3, -0.25) is 9.59 Å². The van der Waals surface area contributed by atoms with Gasteiger partial charge in [0.25, 0.3) is 0 Å². The van der Waals surface area contributed by atoms with Gasteiger partial charge in [-0.25, -0.2) is 4.79 Å². The topological polar surface area (TPSA) is 75.7 Å². The molecule has 21 heavy (non-hydrogen) atoms. The molecule has 1 fully saturated rings. The van der Waals surface area contributed by atoms with E-state index in [0.29, 0.717) is 19.7 Å². The van der Waals surface area contributed by atoms with Gasteiger partial charge in [-0.2, -0.15) is 0 Å². The summed E-state index contributed by atoms with van der Waals surface area (Å²) >= 11 is 0. The lowest BCUT2D eigenvalue weighted by molar-refractivity contribution is -0.148. The summed E-state index contributed by atoms with van der Waals surface area (Å²) in [6.45, 7) is 8.47. The third-order valence-corrected chi connectivity index (χ3v) is 3.60. The van der Waals surface area contributed by atoms with E-state index in [2.05, 4.69) is 5.32 Å². The fourth-order valence-corrected chi connectivity index (χ4v) is 2.41. The Kier molecular flexibility index (Phi) is 6.65. The number of carbonyl (C=O) groups excluding carboxylic acids is 3. The van der Waals surface area contributed by atoms with Gasteiger partial charge >= 0.3 is 5.97 Å². The van der Waals surface area contributed by atoms with Crippen LogP contribution >= 0.6 is 0 Å². The summed E-state index contributed by atoms with van der Waals surface area (Å²) in [7, 11) is 0. The summed E-state index contributed by atoms with van der Waals surface area (Å²) in [6, 6.07) is -0.659. The molecule has 0 saturated carbocycles. The zero-order valence-electron chi connectivity index (χ0n) is 13.3. The monoisotopic (exact) mass is 298 g/mol. The first-order valence-electron chi connectivity index (χ1n) is 7.62. The Bertz CT molecular complexity index is 395. The summed E-state index contributed by atoms with van der Waals surface area (Å²) in [5.74, 6) is -0.858. The second-order valence-electron chi connectivity index (χ2n) is 5.76. The van der Waals surface area contributed by atoms with Crippen LogP contribution in [0.5, 0.6) is 0 Å². The van der Waals surface area contributed by atoms with Crippen molar-refractivity contribution in [2.75, 3.05) is 19.7 Å². The molecule has 1 rings (SSSR count). The van der Waals surface area contributed by atoms with Crippen LogP contribution in [0.3, 0.4) is 0 Å². The van der Waals surface area contributed by atoms with Crippen LogP contribution in [-0.2, 0) is 19.1 Å². The average Bonchev–Trinajstić information content (AvgIpc) is 2.46. The molecule has 6 heteroatoms. The van der Waals surface area contributed by atoms with E-state index in [9.17, 15) is 14.4 Å². The Labute approximate surface area is 126 Å². The molecule has 0 spiro atoms. The predicted octanol–water partition coefficient (Wildman–Crippen LogP) is 0.949. The van der Waals surface area contributed by atoms with Crippen molar-refractivity contribution >= 4 is 17.8 Å². The molecule has 1 aliphatic rings. The van der Waals surface area contributed by atoms with Crippen LogP contribution in [0, 0.1) is 11.8 Å². The Morgan fingerprint density at radius 1 is 1.29 bits per heavy atom. The first-order chi connectivity index (χ1) is 9.86. The first-order valence-corrected chi connectivity index (χ1v) is 7.62. The van der Waals surface area contributed by atoms with Gasteiger partial charge in [0.05, 0.1) is 12.5 Å². The number of hydrogen-bond donors (Lipinski definition) is 1. The van der Waals surface area contributed by atoms with Gasteiger partial charge in [0.2, 0.25) is 11.8 Å². The second kappa shape index (κ2) is 8.00. The van der Waals surface area contributed by atoms with Crippen LogP contribution in [0.25, 0.3) is 0 Å². The minimum absolute atomic E-state index is 0.0646. The summed E-state index contributed by atoms with van der Waals surface area (Å²) in [4.78, 5) is 37.5. The van der Waals surface area contributed by atoms with Crippen molar-refractivity contribution in [3.8, 4) is 0 Å². The molecule has 0 aromatic carbocycles. The Balaban J connectivity index is 2.54. The van der Waals surface area contributed by atoms with Crippen molar-refractivity contribution in [3.05, 3.63) is 0 Å². The van der Waals surface area contributed by atoms with Crippen molar-refractivity contribution in [2.45, 2.75) is 46.6 Å². The van der Waals surface area contributed by atoms with E-state index in [0.717, 1.165) is 12.8 Å². The van der Waals surface area contributed by atoms with Crippen molar-refractivity contribution in [1.29, 1.82) is 0 Å². The Hall–Kier alpha value is -1.59. The summed E-state index contributed by atoms with van der Waals surface area (Å²) < 4.78 is 4.86. The lowest BCUT2D eigenvalue weighted by atomic mass is 9.96. The zero-order chi connectivity index (χ0) is 16.0. The molecule has 0 aromatic heterocycles. The molecule has 120 valence electrons. The van der Waals surface area contributed by atoms with Gasteiger partial charge < -0.3 is 15.0 Å². The normalized spacial score (nSPS) is 20.0. The standard InChI is InChI=1S/C15H26N2O4/c1-5-21-15(20)11(4)16-13(18)12-7-6-8-17(9-12)14(19)10(2)3/h10-12H,5-9H2,1-4H3,(H,16,18). The van der Waals surface area contributed by atoms with E-state index in [1.165, 1.54) is 0 Å². The molecule has 1 aliphatic heterocycles. The largest absolute Gasteiger partial charge is 0.464 e. The lowest BCUT2D eigenvalue weighted by Gasteiger charge is -2.33. The van der Waals surface area contributed by atoms with Gasteiger partial charge in [-0.1, -0.05) is 13.8 Å². The number of nitrogens with one attached hydrogen (secondary N) is 1. The number of esters is 1. The van der Waals surface area contributed by atoms with E-state index in [4.69, 9.17) is 4.74 Å². The van der Waals surface area contributed by atoms with Crippen LogP contribution in [0.1, 0.15) is 40.5 Å². The average molecular weight is 298 g/mol. The number of likely N-dealkylation sites (tertiary alicyclic amines) is 1. The summed E-state index contributed by atoms with van der Waals surface area (Å²) in [6.07, 6.45) is 1.55. The summed E-state index contributed by atoms with van der Waals surface area (Å²) in [5, 5.41) is 2.67. The minimum atomic E-state index is -0.659. The number of ether oxygens (including phenoxy) is 1. The number of carbonyl (C=O) groups is 3. The van der Waals surface area contributed by atoms with E-state index in [-0.39, 0.29) is 23.7 Å². The van der Waals surface area contributed by atoms with Crippen LogP contribution in [0.2, 0.25) is 0 Å². The van der Waals surface area contributed by atoms with Crippen molar-refractivity contribution < 1.29 is 19.1 Å². The van der Waals surface area contributed by atoms with Crippen LogP contribution in [-0.4, -0.2) is 48.4 Å². The first kappa shape index (κ1) is 17.5. The molecule has 1 heterocycles. The van der Waals surface area contributed by atoms with Crippen LogP contribution in [0.15, 0.2) is 0 Å². The third-order valence-electron chi connectivity index (χ3n) is 3.60. The van der Waals surface area contributed by atoms with Crippen molar-refractivity contribution in [2.24, 2.45) is 11.8 Å². The number of hydrogen-bond acceptors (Lipinski definition) is 4. The lowest BCUT2D eigenvalue weighted by Crippen LogP contribution is -2.49. The maximum absolute atomic E-state index is 12.2. The number of amides is 2. The van der Waals surface area contributed by atoms with E-state index in [1.807, 2.05) is 13.8 Å². The van der Waals surface area contributed by atoms with Crippen molar-refractivity contribution in [1.82, 2.24) is 10.2 Å². The van der Waals surface area contributed by atoms with Crippen LogP contribution < -0.4 is 5.32 Å². The SMILES string of the molecule is CCOC(=O)C(C)NC(=O)C1CCCN(C(=O)C(C)C)C1. The summed E-state index contributed by atoms with van der Waals surface area (Å²) in [5.41, 5.74) is 0. The highest BCUT2D eigenvalue weighted by atomic mass is 16.5. The number of nitrogens with zero attached hydrogens (tertiary/aromatic N) is 1.